The van der Waals surface area contributed by atoms with Gasteiger partial charge in [0, 0.05) is 6.04 Å². The van der Waals surface area contributed by atoms with Crippen LogP contribution in [0.1, 0.15) is 39.5 Å². The van der Waals surface area contributed by atoms with Crippen LogP contribution in [0.3, 0.4) is 0 Å². The van der Waals surface area contributed by atoms with Crippen LogP contribution in [0.4, 0.5) is 0 Å². The fraction of sp³-hybridized carbons (Fsp3) is 0.917. The number of rotatable bonds is 2. The zero-order valence-electron chi connectivity index (χ0n) is 9.70. The minimum Gasteiger partial charge on any atom is -0.481 e. The van der Waals surface area contributed by atoms with Gasteiger partial charge in [-0.15, -0.1) is 0 Å². The molecule has 1 N–H and O–H groups in total. The Kier molecular flexibility index (Phi) is 2.75. The van der Waals surface area contributed by atoms with E-state index in [1.165, 1.54) is 12.8 Å². The molecule has 1 spiro atoms. The van der Waals surface area contributed by atoms with Gasteiger partial charge in [0.1, 0.15) is 0 Å². The van der Waals surface area contributed by atoms with Crippen molar-refractivity contribution in [2.45, 2.75) is 45.6 Å². The van der Waals surface area contributed by atoms with Crippen LogP contribution in [0.2, 0.25) is 0 Å². The highest BCUT2D eigenvalue weighted by Gasteiger charge is 2.48. The molecule has 1 aliphatic heterocycles. The minimum absolute atomic E-state index is 0.0457. The summed E-state index contributed by atoms with van der Waals surface area (Å²) in [6.45, 7) is 6.78. The van der Waals surface area contributed by atoms with Gasteiger partial charge in [-0.25, -0.2) is 0 Å². The molecular weight excluding hydrogens is 190 g/mol. The van der Waals surface area contributed by atoms with Crippen molar-refractivity contribution in [1.29, 1.82) is 0 Å². The van der Waals surface area contributed by atoms with Gasteiger partial charge < -0.3 is 10.0 Å². The molecule has 3 heteroatoms. The fourth-order valence-electron chi connectivity index (χ4n) is 3.08. The molecule has 15 heavy (non-hydrogen) atoms. The predicted octanol–water partition coefficient (Wildman–Crippen LogP) is 1.97. The fourth-order valence-corrected chi connectivity index (χ4v) is 3.08. The van der Waals surface area contributed by atoms with Gasteiger partial charge in [-0.3, -0.25) is 4.79 Å². The Morgan fingerprint density at radius 2 is 1.87 bits per heavy atom. The molecule has 2 aliphatic rings. The average molecular weight is 211 g/mol. The van der Waals surface area contributed by atoms with Gasteiger partial charge in [0.25, 0.3) is 0 Å². The molecule has 0 atom stereocenters. The summed E-state index contributed by atoms with van der Waals surface area (Å²) in [4.78, 5) is 13.3. The molecule has 3 nitrogen and oxygen atoms in total. The predicted molar refractivity (Wildman–Crippen MR) is 58.7 cm³/mol. The Hall–Kier alpha value is -0.570. The molecule has 1 heterocycles. The van der Waals surface area contributed by atoms with Gasteiger partial charge in [0.05, 0.1) is 5.92 Å². The molecule has 0 aromatic heterocycles. The number of likely N-dealkylation sites (tertiary alicyclic amines) is 1. The van der Waals surface area contributed by atoms with E-state index in [0.29, 0.717) is 11.5 Å². The highest BCUT2D eigenvalue weighted by molar-refractivity contribution is 5.71. The Balaban J connectivity index is 1.83. The van der Waals surface area contributed by atoms with Gasteiger partial charge in [0.15, 0.2) is 0 Å². The molecule has 1 saturated carbocycles. The normalized spacial score (nSPS) is 26.9. The lowest BCUT2D eigenvalue weighted by Crippen LogP contribution is -2.50. The maximum atomic E-state index is 10.8. The topological polar surface area (TPSA) is 40.5 Å². The Morgan fingerprint density at radius 1 is 1.33 bits per heavy atom. The van der Waals surface area contributed by atoms with Crippen LogP contribution < -0.4 is 0 Å². The first-order chi connectivity index (χ1) is 7.02. The van der Waals surface area contributed by atoms with Crippen molar-refractivity contribution in [2.24, 2.45) is 11.3 Å². The number of carbonyl (C=O) groups is 1. The van der Waals surface area contributed by atoms with Crippen molar-refractivity contribution in [3.8, 4) is 0 Å². The van der Waals surface area contributed by atoms with E-state index in [9.17, 15) is 4.79 Å². The lowest BCUT2D eigenvalue weighted by molar-refractivity contribution is -0.152. The number of carboxylic acid groups (broad SMARTS) is 1. The second-order valence-corrected chi connectivity index (χ2v) is 5.57. The minimum atomic E-state index is -0.591. The molecule has 1 aliphatic carbocycles. The summed E-state index contributed by atoms with van der Waals surface area (Å²) in [6.07, 6.45) is 4.26. The van der Waals surface area contributed by atoms with Crippen molar-refractivity contribution in [3.63, 3.8) is 0 Å². The number of hydrogen-bond donors (Lipinski definition) is 1. The molecule has 0 unspecified atom stereocenters. The van der Waals surface area contributed by atoms with Gasteiger partial charge >= 0.3 is 5.97 Å². The lowest BCUT2D eigenvalue weighted by atomic mass is 9.57. The molecule has 0 aromatic carbocycles. The Labute approximate surface area is 91.5 Å². The van der Waals surface area contributed by atoms with Gasteiger partial charge in [-0.1, -0.05) is 0 Å². The van der Waals surface area contributed by atoms with Crippen molar-refractivity contribution in [2.75, 3.05) is 13.1 Å². The average Bonchev–Trinajstić information content (AvgIpc) is 2.13. The van der Waals surface area contributed by atoms with E-state index in [-0.39, 0.29) is 5.92 Å². The lowest BCUT2D eigenvalue weighted by Gasteiger charge is -2.51. The van der Waals surface area contributed by atoms with E-state index in [4.69, 9.17) is 5.11 Å². The van der Waals surface area contributed by atoms with Gasteiger partial charge in [-0.2, -0.15) is 0 Å². The molecule has 86 valence electrons. The maximum Gasteiger partial charge on any atom is 0.306 e. The Morgan fingerprint density at radius 3 is 2.27 bits per heavy atom. The summed E-state index contributed by atoms with van der Waals surface area (Å²) in [5.41, 5.74) is 0.397. The molecule has 0 bridgehead atoms. The van der Waals surface area contributed by atoms with Crippen LogP contribution in [-0.2, 0) is 4.79 Å². The summed E-state index contributed by atoms with van der Waals surface area (Å²) in [5, 5.41) is 8.88. The number of nitrogens with zero attached hydrogens (tertiary/aromatic N) is 1. The monoisotopic (exact) mass is 211 g/mol. The third-order valence-corrected chi connectivity index (χ3v) is 4.30. The Bertz CT molecular complexity index is 246. The van der Waals surface area contributed by atoms with Crippen molar-refractivity contribution in [1.82, 2.24) is 4.90 Å². The molecular formula is C12H21NO2. The molecule has 0 radical (unpaired) electrons. The SMILES string of the molecule is CC(C)N1CCC2(CC1)CC(C(=O)O)C2. The van der Waals surface area contributed by atoms with Crippen molar-refractivity contribution in [3.05, 3.63) is 0 Å². The van der Waals surface area contributed by atoms with Gasteiger partial charge in [-0.05, 0) is 58.0 Å². The standard InChI is InChI=1S/C12H21NO2/c1-9(2)13-5-3-12(4-6-13)7-10(8-12)11(14)15/h9-10H,3-8H2,1-2H3,(H,14,15). The zero-order valence-corrected chi connectivity index (χ0v) is 9.70. The summed E-state index contributed by atoms with van der Waals surface area (Å²) in [7, 11) is 0. The maximum absolute atomic E-state index is 10.8. The first-order valence-electron chi connectivity index (χ1n) is 5.99. The van der Waals surface area contributed by atoms with E-state index in [1.807, 2.05) is 0 Å². The summed E-state index contributed by atoms with van der Waals surface area (Å²) < 4.78 is 0. The number of aliphatic carboxylic acids is 1. The number of hydrogen-bond acceptors (Lipinski definition) is 2. The highest BCUT2D eigenvalue weighted by atomic mass is 16.4. The molecule has 0 aromatic rings. The second kappa shape index (κ2) is 3.78. The van der Waals surface area contributed by atoms with Gasteiger partial charge in [0.2, 0.25) is 0 Å². The van der Waals surface area contributed by atoms with Crippen LogP contribution >= 0.6 is 0 Å². The number of carboxylic acids is 1. The second-order valence-electron chi connectivity index (χ2n) is 5.57. The smallest absolute Gasteiger partial charge is 0.306 e. The van der Waals surface area contributed by atoms with Crippen LogP contribution in [0.25, 0.3) is 0 Å². The molecule has 2 fully saturated rings. The first kappa shape index (κ1) is 10.9. The third-order valence-electron chi connectivity index (χ3n) is 4.30. The van der Waals surface area contributed by atoms with Crippen molar-refractivity contribution >= 4 is 5.97 Å². The van der Waals surface area contributed by atoms with Crippen molar-refractivity contribution < 1.29 is 9.90 Å². The third kappa shape index (κ3) is 2.03. The zero-order chi connectivity index (χ0) is 11.1. The number of piperidine rings is 1. The summed E-state index contributed by atoms with van der Waals surface area (Å²) in [5.74, 6) is -0.637. The first-order valence-corrected chi connectivity index (χ1v) is 5.99. The van der Waals surface area contributed by atoms with Crippen LogP contribution in [0, 0.1) is 11.3 Å². The quantitative estimate of drug-likeness (QED) is 0.759. The van der Waals surface area contributed by atoms with E-state index >= 15 is 0 Å². The molecule has 1 saturated heterocycles. The summed E-state index contributed by atoms with van der Waals surface area (Å²) >= 11 is 0. The van der Waals surface area contributed by atoms with E-state index < -0.39 is 5.97 Å². The molecule has 2 rings (SSSR count). The van der Waals surface area contributed by atoms with Crippen LogP contribution in [-0.4, -0.2) is 35.1 Å². The van der Waals surface area contributed by atoms with E-state index in [1.54, 1.807) is 0 Å². The molecule has 0 amide bonds. The van der Waals surface area contributed by atoms with E-state index in [0.717, 1.165) is 25.9 Å². The largest absolute Gasteiger partial charge is 0.481 e. The van der Waals surface area contributed by atoms with Crippen LogP contribution in [0.5, 0.6) is 0 Å². The summed E-state index contributed by atoms with van der Waals surface area (Å²) in [6, 6.07) is 0.637. The highest BCUT2D eigenvalue weighted by Crippen LogP contribution is 2.52. The van der Waals surface area contributed by atoms with Crippen LogP contribution in [0.15, 0.2) is 0 Å². The van der Waals surface area contributed by atoms with E-state index in [2.05, 4.69) is 18.7 Å².